The van der Waals surface area contributed by atoms with Gasteiger partial charge in [-0.3, -0.25) is 9.69 Å². The number of benzene rings is 2. The van der Waals surface area contributed by atoms with E-state index in [2.05, 4.69) is 21.2 Å². The Hall–Kier alpha value is -2.58. The van der Waals surface area contributed by atoms with Crippen molar-refractivity contribution < 1.29 is 18.0 Å². The molecule has 2 aromatic rings. The summed E-state index contributed by atoms with van der Waals surface area (Å²) in [5.41, 5.74) is 2.98. The van der Waals surface area contributed by atoms with Gasteiger partial charge in [-0.05, 0) is 79.9 Å². The fraction of sp³-hybridized carbons (Fsp3) is 0.552. The molecule has 5 nitrogen and oxygen atoms in total. The van der Waals surface area contributed by atoms with Crippen molar-refractivity contribution in [2.45, 2.75) is 51.4 Å². The maximum Gasteiger partial charge on any atom is 0.416 e. The summed E-state index contributed by atoms with van der Waals surface area (Å²) >= 11 is 0. The van der Waals surface area contributed by atoms with E-state index in [0.717, 1.165) is 69.7 Å². The van der Waals surface area contributed by atoms with Gasteiger partial charge in [0.05, 0.1) is 12.1 Å². The van der Waals surface area contributed by atoms with Crippen molar-refractivity contribution in [3.63, 3.8) is 0 Å². The molecule has 0 spiro atoms. The first-order valence-corrected chi connectivity index (χ1v) is 13.6. The van der Waals surface area contributed by atoms with E-state index in [1.165, 1.54) is 36.1 Å². The van der Waals surface area contributed by atoms with Crippen molar-refractivity contribution in [3.8, 4) is 0 Å². The molecule has 37 heavy (non-hydrogen) atoms. The molecule has 1 aliphatic carbocycles. The number of hydrogen-bond donors (Lipinski definition) is 1. The van der Waals surface area contributed by atoms with Crippen LogP contribution >= 0.6 is 0 Å². The number of nitrogens with one attached hydrogen (secondary N) is 1. The number of halogens is 3. The molecule has 3 aliphatic rings. The van der Waals surface area contributed by atoms with Gasteiger partial charge < -0.3 is 15.1 Å². The van der Waals surface area contributed by atoms with Gasteiger partial charge in [0.25, 0.3) is 0 Å². The van der Waals surface area contributed by atoms with Gasteiger partial charge in [0.15, 0.2) is 0 Å². The quantitative estimate of drug-likeness (QED) is 0.484. The SMILES string of the molecule is O=C(CNc1cccc2c1CN(CC1CC1)CC2)N(CCN1CCCC1)Cc1ccccc1C(F)(F)F. The third-order valence-electron chi connectivity index (χ3n) is 7.92. The van der Waals surface area contributed by atoms with E-state index in [1.807, 2.05) is 12.1 Å². The summed E-state index contributed by atoms with van der Waals surface area (Å²) in [5.74, 6) is 0.645. The second kappa shape index (κ2) is 11.4. The van der Waals surface area contributed by atoms with Crippen LogP contribution < -0.4 is 5.32 Å². The van der Waals surface area contributed by atoms with Crippen molar-refractivity contribution in [1.82, 2.24) is 14.7 Å². The molecule has 2 aliphatic heterocycles. The molecule has 2 heterocycles. The topological polar surface area (TPSA) is 38.8 Å². The Morgan fingerprint density at radius 2 is 1.78 bits per heavy atom. The molecule has 5 rings (SSSR count). The van der Waals surface area contributed by atoms with E-state index in [9.17, 15) is 18.0 Å². The van der Waals surface area contributed by atoms with Crippen LogP contribution in [0.15, 0.2) is 42.5 Å². The summed E-state index contributed by atoms with van der Waals surface area (Å²) < 4.78 is 40.9. The molecule has 1 saturated heterocycles. The van der Waals surface area contributed by atoms with Crippen LogP contribution in [-0.4, -0.2) is 66.4 Å². The van der Waals surface area contributed by atoms with Gasteiger partial charge >= 0.3 is 6.18 Å². The van der Waals surface area contributed by atoms with Crippen molar-refractivity contribution in [2.24, 2.45) is 5.92 Å². The Morgan fingerprint density at radius 1 is 1.00 bits per heavy atom. The van der Waals surface area contributed by atoms with Crippen LogP contribution in [0.3, 0.4) is 0 Å². The van der Waals surface area contributed by atoms with Crippen LogP contribution in [0.5, 0.6) is 0 Å². The molecule has 2 aromatic carbocycles. The van der Waals surface area contributed by atoms with Gasteiger partial charge in [0.1, 0.15) is 0 Å². The Balaban J connectivity index is 1.28. The van der Waals surface area contributed by atoms with Crippen molar-refractivity contribution in [2.75, 3.05) is 51.1 Å². The zero-order valence-corrected chi connectivity index (χ0v) is 21.4. The predicted molar refractivity (Wildman–Crippen MR) is 139 cm³/mol. The highest BCUT2D eigenvalue weighted by Gasteiger charge is 2.34. The Labute approximate surface area is 217 Å². The largest absolute Gasteiger partial charge is 0.416 e. The first-order chi connectivity index (χ1) is 17.9. The fourth-order valence-electron chi connectivity index (χ4n) is 5.61. The molecular formula is C29H37F3N4O. The average molecular weight is 515 g/mol. The zero-order valence-electron chi connectivity index (χ0n) is 21.4. The number of carbonyl (C=O) groups excluding carboxylic acids is 1. The first-order valence-electron chi connectivity index (χ1n) is 13.6. The normalized spacial score (nSPS) is 18.6. The smallest absolute Gasteiger partial charge is 0.376 e. The fourth-order valence-corrected chi connectivity index (χ4v) is 5.61. The van der Waals surface area contributed by atoms with E-state index in [4.69, 9.17) is 0 Å². The lowest BCUT2D eigenvalue weighted by atomic mass is 9.97. The molecular weight excluding hydrogens is 477 g/mol. The predicted octanol–water partition coefficient (Wildman–Crippen LogP) is 5.01. The lowest BCUT2D eigenvalue weighted by Gasteiger charge is -2.31. The Bertz CT molecular complexity index is 1080. The zero-order chi connectivity index (χ0) is 25.8. The molecule has 1 saturated carbocycles. The molecule has 8 heteroatoms. The summed E-state index contributed by atoms with van der Waals surface area (Å²) in [6.07, 6.45) is 1.45. The third-order valence-corrected chi connectivity index (χ3v) is 7.92. The molecule has 0 atom stereocenters. The Morgan fingerprint density at radius 3 is 2.54 bits per heavy atom. The maximum absolute atomic E-state index is 13.6. The second-order valence-corrected chi connectivity index (χ2v) is 10.7. The van der Waals surface area contributed by atoms with Crippen molar-refractivity contribution in [1.29, 1.82) is 0 Å². The summed E-state index contributed by atoms with van der Waals surface area (Å²) in [6.45, 7) is 6.13. The minimum Gasteiger partial charge on any atom is -0.376 e. The van der Waals surface area contributed by atoms with Gasteiger partial charge in [-0.25, -0.2) is 0 Å². The van der Waals surface area contributed by atoms with Crippen LogP contribution in [0, 0.1) is 5.92 Å². The minimum atomic E-state index is -4.45. The number of amides is 1. The lowest BCUT2D eigenvalue weighted by molar-refractivity contribution is -0.139. The molecule has 200 valence electrons. The number of nitrogens with zero attached hydrogens (tertiary/aromatic N) is 3. The molecule has 0 radical (unpaired) electrons. The van der Waals surface area contributed by atoms with Crippen LogP contribution in [0.4, 0.5) is 18.9 Å². The van der Waals surface area contributed by atoms with Crippen molar-refractivity contribution >= 4 is 11.6 Å². The van der Waals surface area contributed by atoms with Gasteiger partial charge in [0.2, 0.25) is 5.91 Å². The minimum absolute atomic E-state index is 0.0495. The summed E-state index contributed by atoms with van der Waals surface area (Å²) in [7, 11) is 0. The summed E-state index contributed by atoms with van der Waals surface area (Å²) in [4.78, 5) is 19.8. The van der Waals surface area contributed by atoms with E-state index in [-0.39, 0.29) is 24.6 Å². The van der Waals surface area contributed by atoms with Crippen LogP contribution in [0.25, 0.3) is 0 Å². The first kappa shape index (κ1) is 26.0. The van der Waals surface area contributed by atoms with E-state index in [0.29, 0.717) is 13.1 Å². The maximum atomic E-state index is 13.6. The van der Waals surface area contributed by atoms with E-state index in [1.54, 1.807) is 11.0 Å². The van der Waals surface area contributed by atoms with Gasteiger partial charge in [0, 0.05) is 45.0 Å². The molecule has 0 bridgehead atoms. The van der Waals surface area contributed by atoms with Crippen molar-refractivity contribution in [3.05, 3.63) is 64.7 Å². The lowest BCUT2D eigenvalue weighted by Crippen LogP contribution is -2.40. The number of anilines is 1. The standard InChI is InChI=1S/C29H37F3N4O/c30-29(31,32)26-8-2-1-6-24(26)20-36(17-16-34-13-3-4-14-34)28(37)18-33-27-9-5-7-23-12-15-35(21-25(23)27)19-22-10-11-22/h1-2,5-9,22,33H,3-4,10-21H2. The van der Waals surface area contributed by atoms with E-state index < -0.39 is 11.7 Å². The number of carbonyl (C=O) groups is 1. The number of hydrogen-bond acceptors (Lipinski definition) is 4. The molecule has 0 unspecified atom stereocenters. The highest BCUT2D eigenvalue weighted by Crippen LogP contribution is 2.34. The second-order valence-electron chi connectivity index (χ2n) is 10.7. The number of rotatable bonds is 10. The van der Waals surface area contributed by atoms with Crippen LogP contribution in [-0.2, 0) is 30.5 Å². The molecule has 2 fully saturated rings. The third kappa shape index (κ3) is 6.85. The highest BCUT2D eigenvalue weighted by molar-refractivity contribution is 5.81. The van der Waals surface area contributed by atoms with Gasteiger partial charge in [-0.1, -0.05) is 30.3 Å². The molecule has 1 amide bonds. The highest BCUT2D eigenvalue weighted by atomic mass is 19.4. The monoisotopic (exact) mass is 514 g/mol. The molecule has 1 N–H and O–H groups in total. The van der Waals surface area contributed by atoms with Crippen LogP contribution in [0.2, 0.25) is 0 Å². The van der Waals surface area contributed by atoms with Gasteiger partial charge in [-0.2, -0.15) is 13.2 Å². The van der Waals surface area contributed by atoms with Crippen LogP contribution in [0.1, 0.15) is 47.9 Å². The number of alkyl halides is 3. The average Bonchev–Trinajstić information content (AvgIpc) is 3.54. The van der Waals surface area contributed by atoms with E-state index >= 15 is 0 Å². The summed E-state index contributed by atoms with van der Waals surface area (Å²) in [6, 6.07) is 11.8. The number of likely N-dealkylation sites (tertiary alicyclic amines) is 1. The Kier molecular flexibility index (Phi) is 8.05. The van der Waals surface area contributed by atoms with Gasteiger partial charge in [-0.15, -0.1) is 0 Å². The number of fused-ring (bicyclic) bond motifs is 1. The molecule has 0 aromatic heterocycles. The summed E-state index contributed by atoms with van der Waals surface area (Å²) in [5, 5.41) is 3.35.